The summed E-state index contributed by atoms with van der Waals surface area (Å²) in [5.41, 5.74) is 0.516. The molecule has 3 heterocycles. The number of carbonyl (C=O) groups is 2. The van der Waals surface area contributed by atoms with Crippen molar-refractivity contribution in [2.45, 2.75) is 6.61 Å². The molecule has 0 aliphatic carbocycles. The minimum absolute atomic E-state index is 0.0704. The molecular formula is C18H13N3O5S. The Labute approximate surface area is 157 Å². The van der Waals surface area contributed by atoms with Crippen LogP contribution in [0.5, 0.6) is 0 Å². The third-order valence-corrected chi connectivity index (χ3v) is 4.49. The normalized spacial score (nSPS) is 13.6. The lowest BCUT2D eigenvalue weighted by atomic mass is 10.2. The summed E-state index contributed by atoms with van der Waals surface area (Å²) in [7, 11) is 0. The number of hydrogen-bond acceptors (Lipinski definition) is 9. The molecule has 1 aliphatic heterocycles. The van der Waals surface area contributed by atoms with E-state index in [0.717, 1.165) is 4.88 Å². The fourth-order valence-corrected chi connectivity index (χ4v) is 3.03. The molecule has 0 saturated heterocycles. The average molecular weight is 383 g/mol. The Morgan fingerprint density at radius 3 is 2.85 bits per heavy atom. The maximum atomic E-state index is 12.4. The van der Waals surface area contributed by atoms with Crippen LogP contribution in [0, 0.1) is 0 Å². The summed E-state index contributed by atoms with van der Waals surface area (Å²) in [4.78, 5) is 29.4. The SMILES string of the molecule is O=C1COC(Nc2ccccc2)=C1C(=O)OCc1nc(-c2cccs2)no1. The van der Waals surface area contributed by atoms with Gasteiger partial charge in [-0.1, -0.05) is 29.4 Å². The van der Waals surface area contributed by atoms with Crippen molar-refractivity contribution >= 4 is 28.8 Å². The molecule has 2 aromatic heterocycles. The summed E-state index contributed by atoms with van der Waals surface area (Å²) < 4.78 is 15.5. The van der Waals surface area contributed by atoms with Crippen molar-refractivity contribution in [1.82, 2.24) is 10.1 Å². The van der Waals surface area contributed by atoms with Gasteiger partial charge in [-0.05, 0) is 23.6 Å². The Morgan fingerprint density at radius 2 is 2.07 bits per heavy atom. The van der Waals surface area contributed by atoms with Crippen LogP contribution in [0.2, 0.25) is 0 Å². The number of ether oxygens (including phenoxy) is 2. The highest BCUT2D eigenvalue weighted by Gasteiger charge is 2.32. The number of anilines is 1. The highest BCUT2D eigenvalue weighted by Crippen LogP contribution is 2.23. The number of hydrogen-bond donors (Lipinski definition) is 1. The first-order chi connectivity index (χ1) is 13.2. The summed E-state index contributed by atoms with van der Waals surface area (Å²) in [5, 5.41) is 8.64. The first kappa shape index (κ1) is 17.0. The molecule has 4 rings (SSSR count). The molecule has 8 nitrogen and oxygen atoms in total. The van der Waals surface area contributed by atoms with Gasteiger partial charge in [0, 0.05) is 5.69 Å². The Balaban J connectivity index is 1.44. The van der Waals surface area contributed by atoms with Gasteiger partial charge in [0.05, 0.1) is 4.88 Å². The molecule has 0 unspecified atom stereocenters. The molecule has 1 N–H and O–H groups in total. The summed E-state index contributed by atoms with van der Waals surface area (Å²) in [6.07, 6.45) is 0. The van der Waals surface area contributed by atoms with Crippen LogP contribution < -0.4 is 5.32 Å². The zero-order valence-electron chi connectivity index (χ0n) is 13.9. The van der Waals surface area contributed by atoms with Crippen molar-refractivity contribution in [1.29, 1.82) is 0 Å². The molecule has 0 fully saturated rings. The van der Waals surface area contributed by atoms with Crippen LogP contribution in [0.3, 0.4) is 0 Å². The number of nitrogens with zero attached hydrogens (tertiary/aromatic N) is 2. The zero-order chi connectivity index (χ0) is 18.6. The van der Waals surface area contributed by atoms with Gasteiger partial charge in [-0.25, -0.2) is 4.79 Å². The summed E-state index contributed by atoms with van der Waals surface area (Å²) in [6.45, 7) is -0.463. The molecule has 0 saturated carbocycles. The number of ketones is 1. The summed E-state index contributed by atoms with van der Waals surface area (Å²) in [5.74, 6) is -0.644. The van der Waals surface area contributed by atoms with Crippen molar-refractivity contribution in [3.8, 4) is 10.7 Å². The smallest absolute Gasteiger partial charge is 0.347 e. The lowest BCUT2D eigenvalue weighted by Gasteiger charge is -2.08. The molecule has 0 spiro atoms. The molecule has 9 heteroatoms. The predicted molar refractivity (Wildman–Crippen MR) is 95.5 cm³/mol. The Hall–Kier alpha value is -3.46. The number of aromatic nitrogens is 2. The van der Waals surface area contributed by atoms with Gasteiger partial charge in [-0.2, -0.15) is 4.98 Å². The van der Waals surface area contributed by atoms with Crippen molar-refractivity contribution in [2.75, 3.05) is 11.9 Å². The number of nitrogens with one attached hydrogen (secondary N) is 1. The van der Waals surface area contributed by atoms with Gasteiger partial charge in [0.1, 0.15) is 0 Å². The van der Waals surface area contributed by atoms with E-state index in [1.165, 1.54) is 11.3 Å². The second-order valence-electron chi connectivity index (χ2n) is 5.47. The largest absolute Gasteiger partial charge is 0.470 e. The first-order valence-electron chi connectivity index (χ1n) is 7.96. The van der Waals surface area contributed by atoms with Crippen LogP contribution in [0.15, 0.2) is 63.8 Å². The number of Topliss-reactive ketones (excluding diaryl/α,β-unsaturated/α-hetero) is 1. The number of benzene rings is 1. The lowest BCUT2D eigenvalue weighted by Crippen LogP contribution is -2.16. The molecular weight excluding hydrogens is 370 g/mol. The third kappa shape index (κ3) is 3.72. The predicted octanol–water partition coefficient (Wildman–Crippen LogP) is 2.76. The van der Waals surface area contributed by atoms with Crippen molar-refractivity contribution in [3.63, 3.8) is 0 Å². The van der Waals surface area contributed by atoms with Gasteiger partial charge in [0.2, 0.25) is 17.5 Å². The highest BCUT2D eigenvalue weighted by atomic mass is 32.1. The number of para-hydroxylation sites is 1. The summed E-state index contributed by atoms with van der Waals surface area (Å²) >= 11 is 1.47. The van der Waals surface area contributed by atoms with Gasteiger partial charge in [-0.3, -0.25) is 4.79 Å². The second-order valence-corrected chi connectivity index (χ2v) is 6.42. The molecule has 136 valence electrons. The number of esters is 1. The minimum Gasteiger partial charge on any atom is -0.470 e. The number of thiophene rings is 1. The van der Waals surface area contributed by atoms with Crippen LogP contribution >= 0.6 is 11.3 Å². The van der Waals surface area contributed by atoms with E-state index in [4.69, 9.17) is 14.0 Å². The number of carbonyl (C=O) groups excluding carboxylic acids is 2. The van der Waals surface area contributed by atoms with Gasteiger partial charge < -0.3 is 19.3 Å². The van der Waals surface area contributed by atoms with E-state index in [0.29, 0.717) is 11.5 Å². The standard InChI is InChI=1S/C18H13N3O5S/c22-12-9-24-17(19-11-5-2-1-3-6-11)15(12)18(23)25-10-14-20-16(21-26-14)13-7-4-8-27-13/h1-8,19H,9-10H2. The summed E-state index contributed by atoms with van der Waals surface area (Å²) in [6, 6.07) is 12.8. The van der Waals surface area contributed by atoms with E-state index in [2.05, 4.69) is 15.5 Å². The lowest BCUT2D eigenvalue weighted by molar-refractivity contribution is -0.142. The molecule has 1 aliphatic rings. The molecule has 0 amide bonds. The Morgan fingerprint density at radius 1 is 1.22 bits per heavy atom. The van der Waals surface area contributed by atoms with E-state index >= 15 is 0 Å². The Kier molecular flexibility index (Phi) is 4.67. The van der Waals surface area contributed by atoms with E-state index in [1.54, 1.807) is 12.1 Å². The zero-order valence-corrected chi connectivity index (χ0v) is 14.7. The van der Waals surface area contributed by atoms with E-state index in [9.17, 15) is 9.59 Å². The van der Waals surface area contributed by atoms with Crippen molar-refractivity contribution < 1.29 is 23.6 Å². The van der Waals surface area contributed by atoms with Crippen LogP contribution in [0.1, 0.15) is 5.89 Å². The van der Waals surface area contributed by atoms with Crippen molar-refractivity contribution in [3.05, 3.63) is 65.2 Å². The minimum atomic E-state index is -0.813. The van der Waals surface area contributed by atoms with Crippen LogP contribution in [0.4, 0.5) is 5.69 Å². The van der Waals surface area contributed by atoms with Gasteiger partial charge >= 0.3 is 5.97 Å². The molecule has 27 heavy (non-hydrogen) atoms. The monoisotopic (exact) mass is 383 g/mol. The fourth-order valence-electron chi connectivity index (χ4n) is 2.39. The molecule has 0 radical (unpaired) electrons. The van der Waals surface area contributed by atoms with Gasteiger partial charge in [-0.15, -0.1) is 11.3 Å². The van der Waals surface area contributed by atoms with E-state index in [-0.39, 0.29) is 30.6 Å². The maximum Gasteiger partial charge on any atom is 0.347 e. The van der Waals surface area contributed by atoms with Crippen LogP contribution in [0.25, 0.3) is 10.7 Å². The first-order valence-corrected chi connectivity index (χ1v) is 8.84. The van der Waals surface area contributed by atoms with Crippen molar-refractivity contribution in [2.24, 2.45) is 0 Å². The molecule has 1 aromatic carbocycles. The molecule has 0 atom stereocenters. The Bertz CT molecular complexity index is 995. The second kappa shape index (κ2) is 7.42. The highest BCUT2D eigenvalue weighted by molar-refractivity contribution is 7.13. The fraction of sp³-hybridized carbons (Fsp3) is 0.111. The topological polar surface area (TPSA) is 104 Å². The van der Waals surface area contributed by atoms with Crippen LogP contribution in [-0.4, -0.2) is 28.5 Å². The maximum absolute atomic E-state index is 12.4. The van der Waals surface area contributed by atoms with Crippen LogP contribution in [-0.2, 0) is 25.7 Å². The molecule has 3 aromatic rings. The average Bonchev–Trinajstić information content (AvgIpc) is 3.42. The number of rotatable bonds is 6. The van der Waals surface area contributed by atoms with E-state index in [1.807, 2.05) is 35.7 Å². The third-order valence-electron chi connectivity index (χ3n) is 3.63. The van der Waals surface area contributed by atoms with E-state index < -0.39 is 11.8 Å². The van der Waals surface area contributed by atoms with Gasteiger partial charge in [0.25, 0.3) is 5.89 Å². The quantitative estimate of drug-likeness (QED) is 0.512. The molecule has 0 bridgehead atoms. The van der Waals surface area contributed by atoms with Gasteiger partial charge in [0.15, 0.2) is 18.8 Å².